The van der Waals surface area contributed by atoms with Crippen molar-refractivity contribution < 1.29 is 28.9 Å². The van der Waals surface area contributed by atoms with Crippen LogP contribution in [0.15, 0.2) is 12.2 Å². The predicted molar refractivity (Wildman–Crippen MR) is 120 cm³/mol. The van der Waals surface area contributed by atoms with Gasteiger partial charge in [0.1, 0.15) is 12.2 Å². The lowest BCUT2D eigenvalue weighted by Crippen LogP contribution is -2.45. The Morgan fingerprint density at radius 3 is 1.94 bits per heavy atom. The second kappa shape index (κ2) is 11.2. The minimum atomic E-state index is -0.902. The Hall–Kier alpha value is -1.80. The van der Waals surface area contributed by atoms with Gasteiger partial charge in [-0.05, 0) is 66.5 Å². The lowest BCUT2D eigenvalue weighted by Gasteiger charge is -2.35. The lowest BCUT2D eigenvalue weighted by molar-refractivity contribution is -0.129. The summed E-state index contributed by atoms with van der Waals surface area (Å²) in [6, 6.07) is -0.0518. The number of carbonyl (C=O) groups is 2. The number of hydrogen-bond acceptors (Lipinski definition) is 6. The van der Waals surface area contributed by atoms with E-state index in [9.17, 15) is 14.7 Å². The third-order valence-corrected chi connectivity index (χ3v) is 4.75. The maximum Gasteiger partial charge on any atom is 0.408 e. The fraction of sp³-hybridized carbons (Fsp3) is 0.826. The van der Waals surface area contributed by atoms with E-state index in [4.69, 9.17) is 14.2 Å². The van der Waals surface area contributed by atoms with Gasteiger partial charge in [-0.1, -0.05) is 13.8 Å². The summed E-state index contributed by atoms with van der Waals surface area (Å²) in [5, 5.41) is 16.4. The van der Waals surface area contributed by atoms with Gasteiger partial charge in [0.15, 0.2) is 0 Å². The normalized spacial score (nSPS) is 26.9. The molecule has 1 rings (SSSR count). The molecular formula is C23H42N2O6. The molecule has 0 aromatic rings. The van der Waals surface area contributed by atoms with Gasteiger partial charge in [-0.2, -0.15) is 0 Å². The highest BCUT2D eigenvalue weighted by Crippen LogP contribution is 2.25. The molecule has 180 valence electrons. The molecule has 1 aliphatic rings. The summed E-state index contributed by atoms with van der Waals surface area (Å²) in [7, 11) is 0. The Bertz CT molecular complexity index is 621. The number of aliphatic hydroxyl groups excluding tert-OH is 1. The summed E-state index contributed by atoms with van der Waals surface area (Å²) in [5.41, 5.74) is -0.951. The standard InChI is InChI=1S/C23H42N2O6/c1-14(2)15(3)24-20(27)29-16-10-11-17(30-21(28)25-22(4,5)6)13-19(18(26)12-16)31-23(7,8)9/h10-11,14-19,26H,12-13H2,1-9H3,(H,24,27)(H,25,28)/b11-10+. The summed E-state index contributed by atoms with van der Waals surface area (Å²) in [5.74, 6) is 0.259. The average Bonchev–Trinajstić information content (AvgIpc) is 2.54. The Morgan fingerprint density at radius 1 is 0.935 bits per heavy atom. The third-order valence-electron chi connectivity index (χ3n) is 4.75. The minimum Gasteiger partial charge on any atom is -0.442 e. The van der Waals surface area contributed by atoms with Crippen LogP contribution in [-0.2, 0) is 14.2 Å². The van der Waals surface area contributed by atoms with E-state index in [1.807, 2.05) is 62.3 Å². The van der Waals surface area contributed by atoms with E-state index < -0.39 is 47.7 Å². The van der Waals surface area contributed by atoms with Crippen LogP contribution in [0.4, 0.5) is 9.59 Å². The molecule has 0 bridgehead atoms. The van der Waals surface area contributed by atoms with Crippen LogP contribution < -0.4 is 10.6 Å². The molecule has 0 aliphatic heterocycles. The maximum atomic E-state index is 12.3. The third kappa shape index (κ3) is 11.4. The Kier molecular flexibility index (Phi) is 9.82. The van der Waals surface area contributed by atoms with Crippen LogP contribution in [-0.4, -0.2) is 58.9 Å². The molecule has 0 aromatic carbocycles. The van der Waals surface area contributed by atoms with Gasteiger partial charge < -0.3 is 30.0 Å². The van der Waals surface area contributed by atoms with Crippen LogP contribution in [0.2, 0.25) is 0 Å². The number of ether oxygens (including phenoxy) is 3. The molecule has 0 heterocycles. The first-order valence-corrected chi connectivity index (χ1v) is 11.1. The summed E-state index contributed by atoms with van der Waals surface area (Å²) in [4.78, 5) is 24.6. The number of carbonyl (C=O) groups excluding carboxylic acids is 2. The Morgan fingerprint density at radius 2 is 1.45 bits per heavy atom. The fourth-order valence-electron chi connectivity index (χ4n) is 2.93. The lowest BCUT2D eigenvalue weighted by atomic mass is 9.96. The maximum absolute atomic E-state index is 12.3. The highest BCUT2D eigenvalue weighted by atomic mass is 16.6. The molecule has 0 aromatic heterocycles. The van der Waals surface area contributed by atoms with Crippen LogP contribution >= 0.6 is 0 Å². The number of rotatable bonds is 5. The highest BCUT2D eigenvalue weighted by molar-refractivity contribution is 5.68. The van der Waals surface area contributed by atoms with Crippen molar-refractivity contribution in [2.45, 2.75) is 117 Å². The number of nitrogens with one attached hydrogen (secondary N) is 2. The van der Waals surface area contributed by atoms with Crippen molar-refractivity contribution in [2.75, 3.05) is 0 Å². The van der Waals surface area contributed by atoms with Gasteiger partial charge >= 0.3 is 12.2 Å². The van der Waals surface area contributed by atoms with E-state index in [0.29, 0.717) is 0 Å². The molecule has 0 spiro atoms. The van der Waals surface area contributed by atoms with Gasteiger partial charge in [-0.3, -0.25) is 0 Å². The van der Waals surface area contributed by atoms with Crippen LogP contribution in [0.3, 0.4) is 0 Å². The van der Waals surface area contributed by atoms with E-state index in [1.165, 1.54) is 0 Å². The molecule has 8 heteroatoms. The van der Waals surface area contributed by atoms with Crippen molar-refractivity contribution in [3.8, 4) is 0 Å². The molecule has 5 unspecified atom stereocenters. The van der Waals surface area contributed by atoms with Gasteiger partial charge in [0.25, 0.3) is 0 Å². The van der Waals surface area contributed by atoms with Crippen LogP contribution in [0.25, 0.3) is 0 Å². The zero-order valence-corrected chi connectivity index (χ0v) is 20.5. The number of alkyl carbamates (subject to hydrolysis) is 2. The second-order valence-corrected chi connectivity index (χ2v) is 10.6. The quantitative estimate of drug-likeness (QED) is 0.557. The molecule has 2 amide bonds. The molecule has 8 nitrogen and oxygen atoms in total. The van der Waals surface area contributed by atoms with E-state index >= 15 is 0 Å². The fourth-order valence-corrected chi connectivity index (χ4v) is 2.93. The Labute approximate surface area is 187 Å². The summed E-state index contributed by atoms with van der Waals surface area (Å²) in [6.07, 6.45) is -0.125. The molecule has 0 saturated carbocycles. The van der Waals surface area contributed by atoms with Crippen molar-refractivity contribution in [3.63, 3.8) is 0 Å². The molecular weight excluding hydrogens is 400 g/mol. The van der Waals surface area contributed by atoms with Crippen LogP contribution in [0.1, 0.15) is 75.2 Å². The van der Waals surface area contributed by atoms with E-state index in [0.717, 1.165) is 0 Å². The van der Waals surface area contributed by atoms with Gasteiger partial charge in [-0.15, -0.1) is 0 Å². The number of aliphatic hydroxyl groups is 1. The molecule has 0 radical (unpaired) electrons. The first-order valence-electron chi connectivity index (χ1n) is 11.1. The van der Waals surface area contributed by atoms with Gasteiger partial charge in [0.2, 0.25) is 0 Å². The largest absolute Gasteiger partial charge is 0.442 e. The molecule has 5 atom stereocenters. The topological polar surface area (TPSA) is 106 Å². The molecule has 1 aliphatic carbocycles. The Balaban J connectivity index is 2.97. The van der Waals surface area contributed by atoms with E-state index in [-0.39, 0.29) is 24.8 Å². The monoisotopic (exact) mass is 442 g/mol. The molecule has 3 N–H and O–H groups in total. The van der Waals surface area contributed by atoms with Crippen molar-refractivity contribution >= 4 is 12.2 Å². The minimum absolute atomic E-state index is 0.0518. The number of hydrogen-bond donors (Lipinski definition) is 3. The number of amides is 2. The molecule has 0 fully saturated rings. The first-order chi connectivity index (χ1) is 14.1. The summed E-state index contributed by atoms with van der Waals surface area (Å²) >= 11 is 0. The summed E-state index contributed by atoms with van der Waals surface area (Å²) in [6.45, 7) is 17.2. The highest BCUT2D eigenvalue weighted by Gasteiger charge is 2.33. The van der Waals surface area contributed by atoms with Crippen LogP contribution in [0.5, 0.6) is 0 Å². The zero-order chi connectivity index (χ0) is 24.0. The average molecular weight is 443 g/mol. The van der Waals surface area contributed by atoms with Crippen molar-refractivity contribution in [2.24, 2.45) is 5.92 Å². The zero-order valence-electron chi connectivity index (χ0n) is 20.5. The van der Waals surface area contributed by atoms with E-state index in [1.54, 1.807) is 12.2 Å². The first kappa shape index (κ1) is 27.2. The SMILES string of the molecule is CC(C)C(C)NC(=O)OC1/C=C/C(OC(=O)NC(C)(C)C)CC(OC(C)(C)C)C(O)C1. The summed E-state index contributed by atoms with van der Waals surface area (Å²) < 4.78 is 17.1. The molecule has 31 heavy (non-hydrogen) atoms. The van der Waals surface area contributed by atoms with E-state index in [2.05, 4.69) is 10.6 Å². The van der Waals surface area contributed by atoms with Gasteiger partial charge in [-0.25, -0.2) is 9.59 Å². The van der Waals surface area contributed by atoms with Crippen molar-refractivity contribution in [1.29, 1.82) is 0 Å². The molecule has 0 saturated heterocycles. The van der Waals surface area contributed by atoms with Gasteiger partial charge in [0.05, 0.1) is 17.8 Å². The second-order valence-electron chi connectivity index (χ2n) is 10.6. The van der Waals surface area contributed by atoms with Crippen molar-refractivity contribution in [3.05, 3.63) is 12.2 Å². The predicted octanol–water partition coefficient (Wildman–Crippen LogP) is 3.91. The smallest absolute Gasteiger partial charge is 0.408 e. The van der Waals surface area contributed by atoms with Crippen LogP contribution in [0, 0.1) is 5.92 Å². The van der Waals surface area contributed by atoms with Crippen molar-refractivity contribution in [1.82, 2.24) is 10.6 Å². The van der Waals surface area contributed by atoms with Gasteiger partial charge in [0, 0.05) is 24.4 Å².